The molecule has 0 spiro atoms. The van der Waals surface area contributed by atoms with Crippen molar-refractivity contribution in [3.8, 4) is 11.8 Å². The Bertz CT molecular complexity index is 363. The van der Waals surface area contributed by atoms with Crippen LogP contribution in [-0.2, 0) is 5.41 Å². The van der Waals surface area contributed by atoms with Crippen LogP contribution < -0.4 is 4.74 Å². The van der Waals surface area contributed by atoms with Crippen LogP contribution in [0.4, 0.5) is 0 Å². The van der Waals surface area contributed by atoms with Gasteiger partial charge in [0.05, 0.1) is 12.7 Å². The topological polar surface area (TPSA) is 53.2 Å². The molecule has 0 saturated heterocycles. The number of aliphatic hydroxyl groups excluding tert-OH is 1. The Hall–Kier alpha value is -1.53. The number of rotatable bonds is 5. The molecule has 86 valence electrons. The molecule has 0 aromatic heterocycles. The molecule has 0 saturated carbocycles. The molecule has 1 rings (SSSR count). The first-order valence-corrected chi connectivity index (χ1v) is 5.31. The molecular weight excluding hydrogens is 202 g/mol. The minimum absolute atomic E-state index is 0.0156. The summed E-state index contributed by atoms with van der Waals surface area (Å²) in [5.41, 5.74) is 0.981. The third-order valence-electron chi connectivity index (χ3n) is 2.52. The first-order valence-electron chi connectivity index (χ1n) is 5.31. The van der Waals surface area contributed by atoms with E-state index in [0.717, 1.165) is 11.3 Å². The normalized spacial score (nSPS) is 10.9. The van der Waals surface area contributed by atoms with Crippen LogP contribution in [0.25, 0.3) is 0 Å². The average molecular weight is 219 g/mol. The molecule has 1 aromatic carbocycles. The van der Waals surface area contributed by atoms with Crippen molar-refractivity contribution >= 4 is 0 Å². The van der Waals surface area contributed by atoms with Crippen LogP contribution in [0.3, 0.4) is 0 Å². The number of benzene rings is 1. The quantitative estimate of drug-likeness (QED) is 0.826. The Balaban J connectivity index is 2.75. The van der Waals surface area contributed by atoms with Crippen molar-refractivity contribution in [3.63, 3.8) is 0 Å². The lowest BCUT2D eigenvalue weighted by Gasteiger charge is -2.21. The fraction of sp³-hybridized carbons (Fsp3) is 0.462. The lowest BCUT2D eigenvalue weighted by Crippen LogP contribution is -2.15. The summed E-state index contributed by atoms with van der Waals surface area (Å²) >= 11 is 0. The van der Waals surface area contributed by atoms with Crippen LogP contribution in [0.1, 0.15) is 25.8 Å². The van der Waals surface area contributed by atoms with Crippen LogP contribution in [0.15, 0.2) is 24.3 Å². The van der Waals surface area contributed by atoms with Crippen LogP contribution in [-0.4, -0.2) is 18.3 Å². The largest absolute Gasteiger partial charge is 0.491 e. The highest BCUT2D eigenvalue weighted by atomic mass is 16.5. The molecule has 3 nitrogen and oxygen atoms in total. The predicted octanol–water partition coefficient (Wildman–Crippen LogP) is 2.25. The van der Waals surface area contributed by atoms with E-state index in [1.54, 1.807) is 0 Å². The molecule has 1 N–H and O–H groups in total. The van der Waals surface area contributed by atoms with Crippen molar-refractivity contribution in [2.45, 2.75) is 25.7 Å². The minimum atomic E-state index is -0.135. The third-order valence-corrected chi connectivity index (χ3v) is 2.52. The Morgan fingerprint density at radius 1 is 1.31 bits per heavy atom. The third kappa shape index (κ3) is 3.25. The highest BCUT2D eigenvalue weighted by Gasteiger charge is 2.19. The zero-order chi connectivity index (χ0) is 12.0. The lowest BCUT2D eigenvalue weighted by molar-refractivity contribution is 0.201. The van der Waals surface area contributed by atoms with Gasteiger partial charge in [0, 0.05) is 11.8 Å². The fourth-order valence-electron chi connectivity index (χ4n) is 1.47. The molecule has 0 atom stereocenters. The van der Waals surface area contributed by atoms with Gasteiger partial charge in [-0.3, -0.25) is 0 Å². The van der Waals surface area contributed by atoms with Gasteiger partial charge in [-0.05, 0) is 17.7 Å². The predicted molar refractivity (Wildman–Crippen MR) is 62.3 cm³/mol. The molecule has 3 heteroatoms. The molecule has 0 aliphatic rings. The van der Waals surface area contributed by atoms with E-state index in [1.807, 2.05) is 38.1 Å². The molecule has 0 fully saturated rings. The standard InChI is InChI=1S/C13H17NO2/c1-13(2,7-8-14)11-3-5-12(6-4-11)16-10-9-15/h3-6,15H,7,9-10H2,1-2H3. The van der Waals surface area contributed by atoms with Crippen molar-refractivity contribution < 1.29 is 9.84 Å². The first kappa shape index (κ1) is 12.5. The van der Waals surface area contributed by atoms with E-state index in [-0.39, 0.29) is 12.0 Å². The number of hydrogen-bond donors (Lipinski definition) is 1. The van der Waals surface area contributed by atoms with Gasteiger partial charge >= 0.3 is 0 Å². The van der Waals surface area contributed by atoms with E-state index < -0.39 is 0 Å². The molecule has 16 heavy (non-hydrogen) atoms. The van der Waals surface area contributed by atoms with E-state index in [4.69, 9.17) is 15.1 Å². The summed E-state index contributed by atoms with van der Waals surface area (Å²) < 4.78 is 5.27. The van der Waals surface area contributed by atoms with Gasteiger partial charge in [-0.1, -0.05) is 26.0 Å². The zero-order valence-electron chi connectivity index (χ0n) is 9.73. The monoisotopic (exact) mass is 219 g/mol. The first-order chi connectivity index (χ1) is 7.60. The van der Waals surface area contributed by atoms with E-state index in [0.29, 0.717) is 13.0 Å². The van der Waals surface area contributed by atoms with E-state index in [9.17, 15) is 0 Å². The summed E-state index contributed by atoms with van der Waals surface area (Å²) in [6.07, 6.45) is 0.490. The van der Waals surface area contributed by atoms with Gasteiger partial charge in [0.2, 0.25) is 0 Å². The van der Waals surface area contributed by atoms with Gasteiger partial charge in [-0.15, -0.1) is 0 Å². The smallest absolute Gasteiger partial charge is 0.119 e. The molecule has 0 unspecified atom stereocenters. The second kappa shape index (κ2) is 5.53. The second-order valence-electron chi connectivity index (χ2n) is 4.32. The number of nitriles is 1. The molecule has 0 radical (unpaired) electrons. The lowest BCUT2D eigenvalue weighted by atomic mass is 9.82. The Labute approximate surface area is 96.3 Å². The number of aliphatic hydroxyl groups is 1. The Kier molecular flexibility index (Phi) is 4.33. The number of hydrogen-bond acceptors (Lipinski definition) is 3. The highest BCUT2D eigenvalue weighted by molar-refractivity contribution is 5.32. The molecule has 1 aromatic rings. The maximum atomic E-state index is 8.73. The summed E-state index contributed by atoms with van der Waals surface area (Å²) in [6, 6.07) is 9.85. The Morgan fingerprint density at radius 3 is 2.44 bits per heavy atom. The summed E-state index contributed by atoms with van der Waals surface area (Å²) in [5.74, 6) is 0.741. The van der Waals surface area contributed by atoms with Gasteiger partial charge in [0.15, 0.2) is 0 Å². The van der Waals surface area contributed by atoms with Crippen LogP contribution in [0.5, 0.6) is 5.75 Å². The van der Waals surface area contributed by atoms with Crippen molar-refractivity contribution in [3.05, 3.63) is 29.8 Å². The van der Waals surface area contributed by atoms with Crippen molar-refractivity contribution in [2.24, 2.45) is 0 Å². The Morgan fingerprint density at radius 2 is 1.94 bits per heavy atom. The molecule has 0 aliphatic heterocycles. The van der Waals surface area contributed by atoms with Crippen LogP contribution in [0, 0.1) is 11.3 Å². The van der Waals surface area contributed by atoms with Crippen LogP contribution in [0.2, 0.25) is 0 Å². The summed E-state index contributed by atoms with van der Waals surface area (Å²) in [7, 11) is 0. The maximum Gasteiger partial charge on any atom is 0.119 e. The highest BCUT2D eigenvalue weighted by Crippen LogP contribution is 2.27. The van der Waals surface area contributed by atoms with E-state index in [1.165, 1.54) is 0 Å². The summed E-state index contributed by atoms with van der Waals surface area (Å²) in [6.45, 7) is 4.40. The fourth-order valence-corrected chi connectivity index (χ4v) is 1.47. The molecule has 0 heterocycles. The minimum Gasteiger partial charge on any atom is -0.491 e. The van der Waals surface area contributed by atoms with E-state index >= 15 is 0 Å². The molecule has 0 amide bonds. The molecule has 0 bridgehead atoms. The summed E-state index contributed by atoms with van der Waals surface area (Å²) in [5, 5.41) is 17.4. The molecule has 0 aliphatic carbocycles. The average Bonchev–Trinajstić information content (AvgIpc) is 2.27. The van der Waals surface area contributed by atoms with Gasteiger partial charge in [-0.25, -0.2) is 0 Å². The van der Waals surface area contributed by atoms with Crippen LogP contribution >= 0.6 is 0 Å². The summed E-state index contributed by atoms with van der Waals surface area (Å²) in [4.78, 5) is 0. The SMILES string of the molecule is CC(C)(CC#N)c1ccc(OCCO)cc1. The number of ether oxygens (including phenoxy) is 1. The van der Waals surface area contributed by atoms with Crippen molar-refractivity contribution in [1.82, 2.24) is 0 Å². The van der Waals surface area contributed by atoms with Crippen molar-refractivity contribution in [2.75, 3.05) is 13.2 Å². The van der Waals surface area contributed by atoms with E-state index in [2.05, 4.69) is 6.07 Å². The van der Waals surface area contributed by atoms with Gasteiger partial charge in [0.1, 0.15) is 12.4 Å². The maximum absolute atomic E-state index is 8.73. The second-order valence-corrected chi connectivity index (χ2v) is 4.32. The van der Waals surface area contributed by atoms with Gasteiger partial charge in [0.25, 0.3) is 0 Å². The number of nitrogens with zero attached hydrogens (tertiary/aromatic N) is 1. The van der Waals surface area contributed by atoms with Gasteiger partial charge in [-0.2, -0.15) is 5.26 Å². The van der Waals surface area contributed by atoms with Gasteiger partial charge < -0.3 is 9.84 Å². The molecular formula is C13H17NO2. The van der Waals surface area contributed by atoms with Crippen molar-refractivity contribution in [1.29, 1.82) is 5.26 Å². The zero-order valence-corrected chi connectivity index (χ0v) is 9.73.